The zero-order valence-corrected chi connectivity index (χ0v) is 8.71. The van der Waals surface area contributed by atoms with Gasteiger partial charge in [0.25, 0.3) is 0 Å². The summed E-state index contributed by atoms with van der Waals surface area (Å²) in [4.78, 5) is 21.4. The molecular weight excluding hydrogens is 212 g/mol. The lowest BCUT2D eigenvalue weighted by Crippen LogP contribution is -2.25. The first-order valence-electron chi connectivity index (χ1n) is 4.77. The number of hydrogen-bond acceptors (Lipinski definition) is 3. The van der Waals surface area contributed by atoms with Crippen molar-refractivity contribution in [3.63, 3.8) is 0 Å². The first kappa shape index (κ1) is 12.0. The SMILES string of the molecule is CCC(Oc1cccc(C(=O)O)c1)C(=O)O. The molecule has 0 bridgehead atoms. The fourth-order valence-electron chi connectivity index (χ4n) is 1.18. The van der Waals surface area contributed by atoms with Gasteiger partial charge in [-0.1, -0.05) is 13.0 Å². The van der Waals surface area contributed by atoms with E-state index in [1.807, 2.05) is 0 Å². The molecule has 0 aliphatic rings. The lowest BCUT2D eigenvalue weighted by atomic mass is 10.2. The third-order valence-corrected chi connectivity index (χ3v) is 2.01. The van der Waals surface area contributed by atoms with Crippen LogP contribution < -0.4 is 4.74 Å². The Morgan fingerprint density at radius 3 is 2.56 bits per heavy atom. The second-order valence-corrected chi connectivity index (χ2v) is 3.19. The van der Waals surface area contributed by atoms with E-state index in [0.29, 0.717) is 6.42 Å². The predicted molar refractivity (Wildman–Crippen MR) is 55.7 cm³/mol. The molecule has 0 fully saturated rings. The van der Waals surface area contributed by atoms with Gasteiger partial charge in [-0.3, -0.25) is 0 Å². The van der Waals surface area contributed by atoms with Crippen LogP contribution in [0.4, 0.5) is 0 Å². The highest BCUT2D eigenvalue weighted by Crippen LogP contribution is 2.16. The molecule has 0 aromatic heterocycles. The highest BCUT2D eigenvalue weighted by Gasteiger charge is 2.17. The maximum Gasteiger partial charge on any atom is 0.344 e. The summed E-state index contributed by atoms with van der Waals surface area (Å²) in [6, 6.07) is 5.75. The van der Waals surface area contributed by atoms with Crippen LogP contribution in [0.25, 0.3) is 0 Å². The van der Waals surface area contributed by atoms with Crippen LogP contribution in [-0.4, -0.2) is 28.3 Å². The van der Waals surface area contributed by atoms with Crippen LogP contribution in [0, 0.1) is 0 Å². The summed E-state index contributed by atoms with van der Waals surface area (Å²) in [7, 11) is 0. The van der Waals surface area contributed by atoms with Crippen molar-refractivity contribution in [2.45, 2.75) is 19.4 Å². The minimum absolute atomic E-state index is 0.0674. The number of ether oxygens (including phenoxy) is 1. The van der Waals surface area contributed by atoms with Crippen LogP contribution >= 0.6 is 0 Å². The Bertz CT molecular complexity index is 399. The highest BCUT2D eigenvalue weighted by molar-refractivity contribution is 5.88. The molecule has 0 aliphatic carbocycles. The molecule has 1 aromatic rings. The number of carboxylic acids is 2. The van der Waals surface area contributed by atoms with Gasteiger partial charge in [-0.15, -0.1) is 0 Å². The second-order valence-electron chi connectivity index (χ2n) is 3.19. The van der Waals surface area contributed by atoms with Gasteiger partial charge in [0.05, 0.1) is 5.56 Å². The molecule has 1 unspecified atom stereocenters. The standard InChI is InChI=1S/C11H12O5/c1-2-9(11(14)15)16-8-5-3-4-7(6-8)10(12)13/h3-6,9H,2H2,1H3,(H,12,13)(H,14,15). The molecule has 16 heavy (non-hydrogen) atoms. The van der Waals surface area contributed by atoms with Crippen molar-refractivity contribution in [3.05, 3.63) is 29.8 Å². The fraction of sp³-hybridized carbons (Fsp3) is 0.273. The van der Waals surface area contributed by atoms with Crippen LogP contribution in [0.5, 0.6) is 5.75 Å². The largest absolute Gasteiger partial charge is 0.479 e. The Hall–Kier alpha value is -2.04. The Morgan fingerprint density at radius 1 is 1.38 bits per heavy atom. The van der Waals surface area contributed by atoms with Gasteiger partial charge in [-0.25, -0.2) is 9.59 Å². The van der Waals surface area contributed by atoms with E-state index >= 15 is 0 Å². The Morgan fingerprint density at radius 2 is 2.06 bits per heavy atom. The fourth-order valence-corrected chi connectivity index (χ4v) is 1.18. The zero-order valence-electron chi connectivity index (χ0n) is 8.71. The average molecular weight is 224 g/mol. The van der Waals surface area contributed by atoms with E-state index in [1.165, 1.54) is 24.3 Å². The molecule has 5 nitrogen and oxygen atoms in total. The van der Waals surface area contributed by atoms with Gasteiger partial charge in [0.1, 0.15) is 5.75 Å². The van der Waals surface area contributed by atoms with Crippen molar-refractivity contribution in [3.8, 4) is 5.75 Å². The number of hydrogen-bond donors (Lipinski definition) is 2. The van der Waals surface area contributed by atoms with Crippen LogP contribution in [0.1, 0.15) is 23.7 Å². The van der Waals surface area contributed by atoms with Crippen molar-refractivity contribution >= 4 is 11.9 Å². The number of aromatic carboxylic acids is 1. The molecule has 1 rings (SSSR count). The smallest absolute Gasteiger partial charge is 0.344 e. The van der Waals surface area contributed by atoms with Gasteiger partial charge in [0.2, 0.25) is 0 Å². The van der Waals surface area contributed by atoms with E-state index in [2.05, 4.69) is 0 Å². The van der Waals surface area contributed by atoms with E-state index < -0.39 is 18.0 Å². The second kappa shape index (κ2) is 5.16. The van der Waals surface area contributed by atoms with E-state index in [1.54, 1.807) is 6.92 Å². The Labute approximate surface area is 92.3 Å². The summed E-state index contributed by atoms with van der Waals surface area (Å²) in [5, 5.41) is 17.5. The number of rotatable bonds is 5. The topological polar surface area (TPSA) is 83.8 Å². The molecule has 5 heteroatoms. The van der Waals surface area contributed by atoms with Gasteiger partial charge in [-0.2, -0.15) is 0 Å². The molecule has 1 atom stereocenters. The van der Waals surface area contributed by atoms with E-state index in [9.17, 15) is 9.59 Å². The Balaban J connectivity index is 2.84. The minimum Gasteiger partial charge on any atom is -0.479 e. The van der Waals surface area contributed by atoms with E-state index in [4.69, 9.17) is 14.9 Å². The number of benzene rings is 1. The van der Waals surface area contributed by atoms with Gasteiger partial charge in [-0.05, 0) is 24.6 Å². The van der Waals surface area contributed by atoms with Crippen LogP contribution in [-0.2, 0) is 4.79 Å². The first-order chi connectivity index (χ1) is 7.54. The molecular formula is C11H12O5. The maximum absolute atomic E-state index is 10.7. The highest BCUT2D eigenvalue weighted by atomic mass is 16.5. The van der Waals surface area contributed by atoms with Gasteiger partial charge >= 0.3 is 11.9 Å². The monoisotopic (exact) mass is 224 g/mol. The quantitative estimate of drug-likeness (QED) is 0.794. The molecule has 0 heterocycles. The summed E-state index contributed by atoms with van der Waals surface area (Å²) in [5.74, 6) is -1.90. The predicted octanol–water partition coefficient (Wildman–Crippen LogP) is 1.63. The van der Waals surface area contributed by atoms with E-state index in [0.717, 1.165) is 0 Å². The summed E-state index contributed by atoms with van der Waals surface area (Å²) < 4.78 is 5.15. The molecule has 86 valence electrons. The van der Waals surface area contributed by atoms with Gasteiger partial charge < -0.3 is 14.9 Å². The van der Waals surface area contributed by atoms with Gasteiger partial charge in [0.15, 0.2) is 6.10 Å². The van der Waals surface area contributed by atoms with Crippen molar-refractivity contribution < 1.29 is 24.5 Å². The number of carbonyl (C=O) groups is 2. The molecule has 1 aromatic carbocycles. The number of aliphatic carboxylic acids is 1. The van der Waals surface area contributed by atoms with Crippen molar-refractivity contribution in [2.75, 3.05) is 0 Å². The molecule has 0 spiro atoms. The maximum atomic E-state index is 10.7. The molecule has 0 amide bonds. The lowest BCUT2D eigenvalue weighted by Gasteiger charge is -2.13. The molecule has 2 N–H and O–H groups in total. The van der Waals surface area contributed by atoms with Gasteiger partial charge in [0, 0.05) is 0 Å². The molecule has 0 aliphatic heterocycles. The average Bonchev–Trinajstić information content (AvgIpc) is 2.25. The molecule has 0 saturated carbocycles. The van der Waals surface area contributed by atoms with Crippen LogP contribution in [0.3, 0.4) is 0 Å². The molecule has 0 saturated heterocycles. The third-order valence-electron chi connectivity index (χ3n) is 2.01. The first-order valence-corrected chi connectivity index (χ1v) is 4.77. The summed E-state index contributed by atoms with van der Waals surface area (Å²) in [6.45, 7) is 1.68. The van der Waals surface area contributed by atoms with Crippen molar-refractivity contribution in [1.29, 1.82) is 0 Å². The summed E-state index contributed by atoms with van der Waals surface area (Å²) in [5.41, 5.74) is 0.0674. The van der Waals surface area contributed by atoms with Crippen molar-refractivity contribution in [2.24, 2.45) is 0 Å². The normalized spacial score (nSPS) is 11.8. The van der Waals surface area contributed by atoms with Crippen LogP contribution in [0.2, 0.25) is 0 Å². The lowest BCUT2D eigenvalue weighted by molar-refractivity contribution is -0.145. The minimum atomic E-state index is -1.08. The third kappa shape index (κ3) is 2.98. The zero-order chi connectivity index (χ0) is 12.1. The number of carboxylic acid groups (broad SMARTS) is 2. The van der Waals surface area contributed by atoms with E-state index in [-0.39, 0.29) is 11.3 Å². The summed E-state index contributed by atoms with van der Waals surface area (Å²) >= 11 is 0. The summed E-state index contributed by atoms with van der Waals surface area (Å²) in [6.07, 6.45) is -0.642. The molecule has 0 radical (unpaired) electrons. The van der Waals surface area contributed by atoms with Crippen LogP contribution in [0.15, 0.2) is 24.3 Å². The van der Waals surface area contributed by atoms with Crippen molar-refractivity contribution in [1.82, 2.24) is 0 Å². The Kier molecular flexibility index (Phi) is 3.88.